The Morgan fingerprint density at radius 1 is 1.33 bits per heavy atom. The summed E-state index contributed by atoms with van der Waals surface area (Å²) in [5.74, 6) is -0.404. The molecule has 0 aromatic carbocycles. The second kappa shape index (κ2) is 7.89. The van der Waals surface area contributed by atoms with Gasteiger partial charge in [-0.3, -0.25) is 4.79 Å². The van der Waals surface area contributed by atoms with Crippen LogP contribution in [0.25, 0.3) is 0 Å². The van der Waals surface area contributed by atoms with Crippen molar-refractivity contribution in [3.05, 3.63) is 32.5 Å². The van der Waals surface area contributed by atoms with Gasteiger partial charge in [-0.1, -0.05) is 18.0 Å². The van der Waals surface area contributed by atoms with Gasteiger partial charge in [-0.15, -0.1) is 22.7 Å². The van der Waals surface area contributed by atoms with Gasteiger partial charge in [0, 0.05) is 11.4 Å². The van der Waals surface area contributed by atoms with Gasteiger partial charge in [-0.05, 0) is 44.4 Å². The van der Waals surface area contributed by atoms with E-state index in [4.69, 9.17) is 11.6 Å². The number of hydrogen-bond donors (Lipinski definition) is 1. The standard InChI is InChI=1S/C17H18ClN3O3S3/c1-10-11(2)25-17(12(10)9-19)20-16(22)13-5-3-4-8-21(13)27(23,24)15-7-6-14(18)26-15/h6-7,13H,3-5,8H2,1-2H3,(H,20,22)/t13-/m1/s1. The first kappa shape index (κ1) is 20.3. The van der Waals surface area contributed by atoms with E-state index < -0.39 is 22.0 Å². The molecule has 1 amide bonds. The molecule has 144 valence electrons. The summed E-state index contributed by atoms with van der Waals surface area (Å²) in [5.41, 5.74) is 1.26. The Balaban J connectivity index is 1.89. The summed E-state index contributed by atoms with van der Waals surface area (Å²) in [6, 6.07) is 4.31. The molecule has 1 N–H and O–H groups in total. The monoisotopic (exact) mass is 443 g/mol. The summed E-state index contributed by atoms with van der Waals surface area (Å²) in [6.07, 6.45) is 1.90. The summed E-state index contributed by atoms with van der Waals surface area (Å²) in [6.45, 7) is 4.00. The van der Waals surface area contributed by atoms with Crippen molar-refractivity contribution < 1.29 is 13.2 Å². The Morgan fingerprint density at radius 3 is 2.70 bits per heavy atom. The van der Waals surface area contributed by atoms with Gasteiger partial charge in [-0.2, -0.15) is 9.57 Å². The third-order valence-electron chi connectivity index (χ3n) is 4.60. The van der Waals surface area contributed by atoms with Gasteiger partial charge in [0.15, 0.2) is 0 Å². The molecule has 0 radical (unpaired) electrons. The van der Waals surface area contributed by atoms with Crippen LogP contribution in [0.3, 0.4) is 0 Å². The molecule has 0 aliphatic carbocycles. The predicted molar refractivity (Wildman–Crippen MR) is 108 cm³/mol. The van der Waals surface area contributed by atoms with E-state index >= 15 is 0 Å². The molecule has 27 heavy (non-hydrogen) atoms. The van der Waals surface area contributed by atoms with Crippen LogP contribution in [0.15, 0.2) is 16.3 Å². The maximum atomic E-state index is 13.0. The highest BCUT2D eigenvalue weighted by Gasteiger charge is 2.38. The minimum Gasteiger partial charge on any atom is -0.315 e. The first-order chi connectivity index (χ1) is 12.8. The highest BCUT2D eigenvalue weighted by molar-refractivity contribution is 7.91. The van der Waals surface area contributed by atoms with Gasteiger partial charge < -0.3 is 5.32 Å². The lowest BCUT2D eigenvalue weighted by molar-refractivity contribution is -0.120. The quantitative estimate of drug-likeness (QED) is 0.768. The lowest BCUT2D eigenvalue weighted by Gasteiger charge is -2.33. The zero-order valence-electron chi connectivity index (χ0n) is 14.8. The van der Waals surface area contributed by atoms with Crippen LogP contribution in [0.4, 0.5) is 5.00 Å². The number of thiophene rings is 2. The molecular formula is C17H18ClN3O3S3. The lowest BCUT2D eigenvalue weighted by Crippen LogP contribution is -2.49. The van der Waals surface area contributed by atoms with Crippen LogP contribution in [0.5, 0.6) is 0 Å². The molecule has 2 aromatic heterocycles. The normalized spacial score (nSPS) is 18.2. The molecule has 1 aliphatic heterocycles. The molecule has 1 atom stereocenters. The van der Waals surface area contributed by atoms with E-state index in [2.05, 4.69) is 11.4 Å². The van der Waals surface area contributed by atoms with E-state index in [-0.39, 0.29) is 10.8 Å². The van der Waals surface area contributed by atoms with E-state index in [0.717, 1.165) is 28.2 Å². The maximum Gasteiger partial charge on any atom is 0.253 e. The molecule has 1 saturated heterocycles. The van der Waals surface area contributed by atoms with Crippen LogP contribution in [-0.2, 0) is 14.8 Å². The number of nitrogens with zero attached hydrogens (tertiary/aromatic N) is 2. The summed E-state index contributed by atoms with van der Waals surface area (Å²) in [5, 5.41) is 12.6. The number of aryl methyl sites for hydroxylation is 1. The molecule has 2 aromatic rings. The van der Waals surface area contributed by atoms with Gasteiger partial charge in [0.05, 0.1) is 9.90 Å². The molecule has 10 heteroatoms. The van der Waals surface area contributed by atoms with Crippen molar-refractivity contribution in [1.82, 2.24) is 4.31 Å². The lowest BCUT2D eigenvalue weighted by atomic mass is 10.0. The Bertz CT molecular complexity index is 1020. The number of carbonyl (C=O) groups excluding carboxylic acids is 1. The summed E-state index contributed by atoms with van der Waals surface area (Å²) in [4.78, 5) is 13.9. The average molecular weight is 444 g/mol. The highest BCUT2D eigenvalue weighted by atomic mass is 35.5. The summed E-state index contributed by atoms with van der Waals surface area (Å²) >= 11 is 8.20. The molecule has 3 heterocycles. The molecule has 0 spiro atoms. The minimum absolute atomic E-state index is 0.132. The van der Waals surface area contributed by atoms with E-state index in [1.807, 2.05) is 13.8 Å². The SMILES string of the molecule is Cc1sc(NC(=O)[C@H]2CCCCN2S(=O)(=O)c2ccc(Cl)s2)c(C#N)c1C. The molecule has 6 nitrogen and oxygen atoms in total. The van der Waals surface area contributed by atoms with Crippen molar-refractivity contribution in [3.63, 3.8) is 0 Å². The van der Waals surface area contributed by atoms with Crippen molar-refractivity contribution in [3.8, 4) is 6.07 Å². The highest BCUT2D eigenvalue weighted by Crippen LogP contribution is 2.34. The van der Waals surface area contributed by atoms with Crippen LogP contribution in [0.1, 0.15) is 35.3 Å². The molecular weight excluding hydrogens is 426 g/mol. The fourth-order valence-electron chi connectivity index (χ4n) is 3.05. The second-order valence-electron chi connectivity index (χ2n) is 6.27. The number of halogens is 1. The van der Waals surface area contributed by atoms with Crippen LogP contribution in [-0.4, -0.2) is 31.2 Å². The minimum atomic E-state index is -3.80. The van der Waals surface area contributed by atoms with E-state index in [1.165, 1.54) is 27.8 Å². The second-order valence-corrected chi connectivity index (χ2v) is 11.3. The maximum absolute atomic E-state index is 13.0. The first-order valence-electron chi connectivity index (χ1n) is 8.34. The molecule has 1 fully saturated rings. The Labute approximate surface area is 171 Å². The van der Waals surface area contributed by atoms with Gasteiger partial charge in [0.2, 0.25) is 5.91 Å². The Hall–Kier alpha value is -1.44. The number of hydrogen-bond acceptors (Lipinski definition) is 6. The number of nitriles is 1. The third-order valence-corrected chi connectivity index (χ3v) is 9.33. The fraction of sp³-hybridized carbons (Fsp3) is 0.412. The molecule has 0 saturated carbocycles. The zero-order valence-corrected chi connectivity index (χ0v) is 18.0. The van der Waals surface area contributed by atoms with Gasteiger partial charge in [0.25, 0.3) is 10.0 Å². The van der Waals surface area contributed by atoms with Crippen LogP contribution in [0, 0.1) is 25.2 Å². The van der Waals surface area contributed by atoms with Crippen molar-refractivity contribution in [2.24, 2.45) is 0 Å². The number of amides is 1. The fourth-order valence-corrected chi connectivity index (χ4v) is 7.33. The van der Waals surface area contributed by atoms with Crippen molar-refractivity contribution >= 4 is 55.2 Å². The third kappa shape index (κ3) is 3.91. The van der Waals surface area contributed by atoms with Gasteiger partial charge in [0.1, 0.15) is 21.3 Å². The predicted octanol–water partition coefficient (Wildman–Crippen LogP) is 4.13. The number of piperidine rings is 1. The number of nitrogens with one attached hydrogen (secondary N) is 1. The Morgan fingerprint density at radius 2 is 2.07 bits per heavy atom. The van der Waals surface area contributed by atoms with Gasteiger partial charge in [-0.25, -0.2) is 8.42 Å². The molecule has 0 bridgehead atoms. The number of anilines is 1. The largest absolute Gasteiger partial charge is 0.315 e. The first-order valence-corrected chi connectivity index (χ1v) is 11.8. The summed E-state index contributed by atoms with van der Waals surface area (Å²) in [7, 11) is -3.80. The van der Waals surface area contributed by atoms with E-state index in [9.17, 15) is 18.5 Å². The average Bonchev–Trinajstić information content (AvgIpc) is 3.19. The van der Waals surface area contributed by atoms with Crippen LogP contribution >= 0.6 is 34.3 Å². The van der Waals surface area contributed by atoms with Gasteiger partial charge >= 0.3 is 0 Å². The molecule has 3 rings (SSSR count). The number of sulfonamides is 1. The van der Waals surface area contributed by atoms with Crippen LogP contribution in [0.2, 0.25) is 4.34 Å². The van der Waals surface area contributed by atoms with E-state index in [1.54, 1.807) is 0 Å². The number of rotatable bonds is 4. The summed E-state index contributed by atoms with van der Waals surface area (Å²) < 4.78 is 27.8. The van der Waals surface area contributed by atoms with Crippen molar-refractivity contribution in [1.29, 1.82) is 5.26 Å². The molecule has 1 aliphatic rings. The van der Waals surface area contributed by atoms with E-state index in [0.29, 0.717) is 27.7 Å². The topological polar surface area (TPSA) is 90.3 Å². The zero-order chi connectivity index (χ0) is 19.8. The number of carbonyl (C=O) groups is 1. The van der Waals surface area contributed by atoms with Crippen molar-refractivity contribution in [2.45, 2.75) is 43.4 Å². The molecule has 0 unspecified atom stereocenters. The van der Waals surface area contributed by atoms with Crippen molar-refractivity contribution in [2.75, 3.05) is 11.9 Å². The van der Waals surface area contributed by atoms with Crippen LogP contribution < -0.4 is 5.32 Å². The smallest absolute Gasteiger partial charge is 0.253 e. The Kier molecular flexibility index (Phi) is 5.93.